The summed E-state index contributed by atoms with van der Waals surface area (Å²) < 4.78 is 27.0. The molecule has 2 aromatic carbocycles. The normalized spacial score (nSPS) is 14.4. The lowest BCUT2D eigenvalue weighted by Gasteiger charge is -2.25. The van der Waals surface area contributed by atoms with Crippen LogP contribution >= 0.6 is 0 Å². The van der Waals surface area contributed by atoms with E-state index in [9.17, 15) is 10.2 Å². The summed E-state index contributed by atoms with van der Waals surface area (Å²) in [5.74, 6) is 2.86. The van der Waals surface area contributed by atoms with Crippen molar-refractivity contribution in [2.75, 3.05) is 41.3 Å². The van der Waals surface area contributed by atoms with Crippen molar-refractivity contribution in [2.45, 2.75) is 12.8 Å². The third kappa shape index (κ3) is 4.68. The van der Waals surface area contributed by atoms with E-state index < -0.39 is 0 Å². The van der Waals surface area contributed by atoms with Crippen LogP contribution in [0.3, 0.4) is 0 Å². The van der Waals surface area contributed by atoms with Gasteiger partial charge in [0.05, 0.1) is 21.3 Å². The predicted molar refractivity (Wildman–Crippen MR) is 107 cm³/mol. The van der Waals surface area contributed by atoms with E-state index in [2.05, 4.69) is 0 Å². The molecular formula is C22H28O7. The van der Waals surface area contributed by atoms with Crippen molar-refractivity contribution in [1.29, 1.82) is 0 Å². The number of hydrogen-bond acceptors (Lipinski definition) is 7. The standard InChI is InChI=1S/C22H28O7/c1-25-18-5-4-14(8-19(18)26-2)6-16(11-23)17(12-24)7-15-9-20(27-3)22-21(10-15)28-13-29-22/h4-5,8-10,16-17,23-24H,6-7,11-13H2,1-3H3/t16-,17-/m0/s1. The van der Waals surface area contributed by atoms with Crippen molar-refractivity contribution < 1.29 is 33.9 Å². The van der Waals surface area contributed by atoms with E-state index in [0.717, 1.165) is 11.1 Å². The Morgan fingerprint density at radius 1 is 0.793 bits per heavy atom. The lowest BCUT2D eigenvalue weighted by Crippen LogP contribution is -2.26. The summed E-state index contributed by atoms with van der Waals surface area (Å²) >= 11 is 0. The summed E-state index contributed by atoms with van der Waals surface area (Å²) in [6.45, 7) is 0.0771. The molecule has 1 aliphatic rings. The number of benzene rings is 2. The highest BCUT2D eigenvalue weighted by atomic mass is 16.7. The van der Waals surface area contributed by atoms with Gasteiger partial charge in [0.1, 0.15) is 0 Å². The van der Waals surface area contributed by atoms with E-state index in [0.29, 0.717) is 41.6 Å². The van der Waals surface area contributed by atoms with Crippen LogP contribution in [0.4, 0.5) is 0 Å². The Morgan fingerprint density at radius 2 is 1.41 bits per heavy atom. The maximum Gasteiger partial charge on any atom is 0.231 e. The van der Waals surface area contributed by atoms with Gasteiger partial charge in [0.15, 0.2) is 23.0 Å². The van der Waals surface area contributed by atoms with Crippen molar-refractivity contribution in [3.8, 4) is 28.7 Å². The van der Waals surface area contributed by atoms with Gasteiger partial charge in [0.2, 0.25) is 12.5 Å². The molecule has 3 rings (SSSR count). The third-order valence-electron chi connectivity index (χ3n) is 5.30. The zero-order valence-electron chi connectivity index (χ0n) is 17.0. The molecule has 0 saturated heterocycles. The van der Waals surface area contributed by atoms with E-state index in [-0.39, 0.29) is 31.8 Å². The Hall–Kier alpha value is -2.64. The van der Waals surface area contributed by atoms with Crippen LogP contribution in [-0.4, -0.2) is 51.5 Å². The minimum absolute atomic E-state index is 0.0404. The first-order valence-corrected chi connectivity index (χ1v) is 9.52. The molecular weight excluding hydrogens is 376 g/mol. The summed E-state index contributed by atoms with van der Waals surface area (Å²) in [4.78, 5) is 0. The number of methoxy groups -OCH3 is 3. The molecule has 7 heteroatoms. The quantitative estimate of drug-likeness (QED) is 0.629. The maximum atomic E-state index is 10.0. The molecule has 0 aromatic heterocycles. The molecule has 2 atom stereocenters. The molecule has 1 aliphatic heterocycles. The fourth-order valence-corrected chi connectivity index (χ4v) is 3.68. The van der Waals surface area contributed by atoms with Crippen molar-refractivity contribution in [3.63, 3.8) is 0 Å². The Kier molecular flexibility index (Phi) is 7.06. The molecule has 29 heavy (non-hydrogen) atoms. The first-order chi connectivity index (χ1) is 14.1. The van der Waals surface area contributed by atoms with E-state index >= 15 is 0 Å². The van der Waals surface area contributed by atoms with Crippen LogP contribution in [0, 0.1) is 11.8 Å². The molecule has 7 nitrogen and oxygen atoms in total. The minimum Gasteiger partial charge on any atom is -0.493 e. The van der Waals surface area contributed by atoms with Gasteiger partial charge in [-0.15, -0.1) is 0 Å². The van der Waals surface area contributed by atoms with E-state index in [1.165, 1.54) is 0 Å². The van der Waals surface area contributed by atoms with Gasteiger partial charge in [-0.3, -0.25) is 0 Å². The van der Waals surface area contributed by atoms with Crippen LogP contribution < -0.4 is 23.7 Å². The maximum absolute atomic E-state index is 10.0. The zero-order chi connectivity index (χ0) is 20.8. The monoisotopic (exact) mass is 404 g/mol. The first-order valence-electron chi connectivity index (χ1n) is 9.52. The van der Waals surface area contributed by atoms with Gasteiger partial charge in [0.25, 0.3) is 0 Å². The Bertz CT molecular complexity index is 821. The van der Waals surface area contributed by atoms with Gasteiger partial charge in [-0.2, -0.15) is 0 Å². The molecule has 0 bridgehead atoms. The van der Waals surface area contributed by atoms with Crippen LogP contribution in [0.1, 0.15) is 11.1 Å². The minimum atomic E-state index is -0.141. The summed E-state index contributed by atoms with van der Waals surface area (Å²) in [6.07, 6.45) is 1.17. The number of rotatable bonds is 10. The van der Waals surface area contributed by atoms with Gasteiger partial charge in [-0.1, -0.05) is 6.07 Å². The predicted octanol–water partition coefficient (Wildman–Crippen LogP) is 2.44. The number of aliphatic hydroxyl groups is 2. The van der Waals surface area contributed by atoms with E-state index in [4.69, 9.17) is 23.7 Å². The Morgan fingerprint density at radius 3 is 2.03 bits per heavy atom. The molecule has 2 aromatic rings. The number of hydrogen-bond donors (Lipinski definition) is 2. The number of fused-ring (bicyclic) bond motifs is 1. The van der Waals surface area contributed by atoms with Crippen molar-refractivity contribution >= 4 is 0 Å². The summed E-state index contributed by atoms with van der Waals surface area (Å²) in [5, 5.41) is 20.0. The smallest absolute Gasteiger partial charge is 0.231 e. The largest absolute Gasteiger partial charge is 0.493 e. The number of aliphatic hydroxyl groups excluding tert-OH is 2. The van der Waals surface area contributed by atoms with Crippen molar-refractivity contribution in [1.82, 2.24) is 0 Å². The molecule has 0 saturated carbocycles. The summed E-state index contributed by atoms with van der Waals surface area (Å²) in [6, 6.07) is 9.49. The molecule has 0 amide bonds. The highest BCUT2D eigenvalue weighted by Gasteiger charge is 2.25. The van der Waals surface area contributed by atoms with E-state index in [1.807, 2.05) is 30.3 Å². The fourth-order valence-electron chi connectivity index (χ4n) is 3.68. The SMILES string of the molecule is COc1ccc(C[C@@H](CO)[C@H](CO)Cc2cc(OC)c3c(c2)OCO3)cc1OC. The van der Waals surface area contributed by atoms with Crippen LogP contribution in [0.2, 0.25) is 0 Å². The lowest BCUT2D eigenvalue weighted by molar-refractivity contribution is 0.119. The van der Waals surface area contributed by atoms with Crippen LogP contribution in [-0.2, 0) is 12.8 Å². The molecule has 158 valence electrons. The topological polar surface area (TPSA) is 86.6 Å². The Balaban J connectivity index is 1.77. The van der Waals surface area contributed by atoms with Crippen LogP contribution in [0.15, 0.2) is 30.3 Å². The third-order valence-corrected chi connectivity index (χ3v) is 5.30. The van der Waals surface area contributed by atoms with Crippen LogP contribution in [0.5, 0.6) is 28.7 Å². The second-order valence-electron chi connectivity index (χ2n) is 7.01. The van der Waals surface area contributed by atoms with Gasteiger partial charge in [0, 0.05) is 13.2 Å². The fraction of sp³-hybridized carbons (Fsp3) is 0.455. The highest BCUT2D eigenvalue weighted by Crippen LogP contribution is 2.42. The lowest BCUT2D eigenvalue weighted by atomic mass is 9.83. The second-order valence-corrected chi connectivity index (χ2v) is 7.01. The van der Waals surface area contributed by atoms with Crippen LogP contribution in [0.25, 0.3) is 0 Å². The highest BCUT2D eigenvalue weighted by molar-refractivity contribution is 5.55. The van der Waals surface area contributed by atoms with Gasteiger partial charge < -0.3 is 33.9 Å². The molecule has 0 aliphatic carbocycles. The second kappa shape index (κ2) is 9.71. The Labute approximate surface area is 170 Å². The van der Waals surface area contributed by atoms with Gasteiger partial charge in [-0.05, 0) is 60.1 Å². The van der Waals surface area contributed by atoms with Gasteiger partial charge in [-0.25, -0.2) is 0 Å². The molecule has 0 radical (unpaired) electrons. The van der Waals surface area contributed by atoms with Gasteiger partial charge >= 0.3 is 0 Å². The molecule has 0 unspecified atom stereocenters. The average molecular weight is 404 g/mol. The van der Waals surface area contributed by atoms with E-state index in [1.54, 1.807) is 21.3 Å². The summed E-state index contributed by atoms with van der Waals surface area (Å²) in [7, 11) is 4.77. The molecule has 1 heterocycles. The molecule has 0 spiro atoms. The zero-order valence-corrected chi connectivity index (χ0v) is 17.0. The molecule has 2 N–H and O–H groups in total. The average Bonchev–Trinajstić information content (AvgIpc) is 3.23. The van der Waals surface area contributed by atoms with Crippen molar-refractivity contribution in [3.05, 3.63) is 41.5 Å². The number of ether oxygens (including phenoxy) is 5. The first kappa shape index (κ1) is 21.1. The summed E-state index contributed by atoms with van der Waals surface area (Å²) in [5.41, 5.74) is 1.96. The van der Waals surface area contributed by atoms with Crippen molar-refractivity contribution in [2.24, 2.45) is 11.8 Å². The molecule has 0 fully saturated rings.